The third-order valence-electron chi connectivity index (χ3n) is 2.66. The summed E-state index contributed by atoms with van der Waals surface area (Å²) in [4.78, 5) is 23.4. The molecule has 1 unspecified atom stereocenters. The lowest BCUT2D eigenvalue weighted by molar-refractivity contribution is -0.125. The molecule has 19 heavy (non-hydrogen) atoms. The Morgan fingerprint density at radius 1 is 1.32 bits per heavy atom. The maximum Gasteiger partial charge on any atom is 0.263 e. The monoisotopic (exact) mass is 271 g/mol. The second kappa shape index (κ2) is 6.94. The van der Waals surface area contributed by atoms with E-state index in [1.54, 1.807) is 6.92 Å². The minimum atomic E-state index is -1.09. The number of carbonyl (C=O) groups excluding carboxylic acids is 2. The van der Waals surface area contributed by atoms with Crippen LogP contribution >= 0.6 is 0 Å². The Balaban J connectivity index is 2.82. The summed E-state index contributed by atoms with van der Waals surface area (Å²) in [6, 6.07) is 3.05. The number of rotatable bonds is 5. The third kappa shape index (κ3) is 3.82. The van der Waals surface area contributed by atoms with Crippen LogP contribution in [0.25, 0.3) is 0 Å². The van der Waals surface area contributed by atoms with Crippen molar-refractivity contribution in [2.24, 2.45) is 5.92 Å². The lowest BCUT2D eigenvalue weighted by Gasteiger charge is -2.13. The second-order valence-corrected chi connectivity index (χ2v) is 3.98. The van der Waals surface area contributed by atoms with E-state index in [9.17, 15) is 18.4 Å². The SMILES string of the molecule is CCC(COC)C(=O)NC(=O)c1c(F)cccc1F. The summed E-state index contributed by atoms with van der Waals surface area (Å²) >= 11 is 0. The van der Waals surface area contributed by atoms with Crippen molar-refractivity contribution in [1.29, 1.82) is 0 Å². The number of hydrogen-bond acceptors (Lipinski definition) is 3. The molecule has 0 radical (unpaired) electrons. The Hall–Kier alpha value is -1.82. The highest BCUT2D eigenvalue weighted by Crippen LogP contribution is 2.12. The van der Waals surface area contributed by atoms with Crippen LogP contribution in [0.15, 0.2) is 18.2 Å². The summed E-state index contributed by atoms with van der Waals surface area (Å²) in [6.07, 6.45) is 0.451. The molecular weight excluding hydrogens is 256 g/mol. The van der Waals surface area contributed by atoms with Gasteiger partial charge in [-0.2, -0.15) is 0 Å². The van der Waals surface area contributed by atoms with Crippen molar-refractivity contribution in [3.8, 4) is 0 Å². The molecule has 0 heterocycles. The average molecular weight is 271 g/mol. The predicted molar refractivity (Wildman–Crippen MR) is 64.5 cm³/mol. The van der Waals surface area contributed by atoms with Gasteiger partial charge in [0.05, 0.1) is 12.5 Å². The number of methoxy groups -OCH3 is 1. The van der Waals surface area contributed by atoms with E-state index >= 15 is 0 Å². The molecule has 0 spiro atoms. The summed E-state index contributed by atoms with van der Waals surface area (Å²) in [5, 5.41) is 1.98. The molecule has 0 aromatic heterocycles. The lowest BCUT2D eigenvalue weighted by atomic mass is 10.1. The first-order chi connectivity index (χ1) is 9.01. The maximum atomic E-state index is 13.3. The average Bonchev–Trinajstić information content (AvgIpc) is 2.35. The number of ether oxygens (including phenoxy) is 1. The number of carbonyl (C=O) groups is 2. The smallest absolute Gasteiger partial charge is 0.263 e. The van der Waals surface area contributed by atoms with Gasteiger partial charge in [0, 0.05) is 7.11 Å². The lowest BCUT2D eigenvalue weighted by Crippen LogP contribution is -2.38. The van der Waals surface area contributed by atoms with Crippen LogP contribution in [0.1, 0.15) is 23.7 Å². The van der Waals surface area contributed by atoms with E-state index in [4.69, 9.17) is 4.74 Å². The highest BCUT2D eigenvalue weighted by Gasteiger charge is 2.23. The van der Waals surface area contributed by atoms with Gasteiger partial charge < -0.3 is 4.74 Å². The van der Waals surface area contributed by atoms with E-state index in [0.29, 0.717) is 6.42 Å². The van der Waals surface area contributed by atoms with Crippen LogP contribution in [0.2, 0.25) is 0 Å². The van der Waals surface area contributed by atoms with E-state index < -0.39 is 34.9 Å². The number of benzene rings is 1. The fraction of sp³-hybridized carbons (Fsp3) is 0.385. The van der Waals surface area contributed by atoms with Crippen molar-refractivity contribution < 1.29 is 23.1 Å². The predicted octanol–water partition coefficient (Wildman–Crippen LogP) is 1.89. The van der Waals surface area contributed by atoms with Crippen LogP contribution in [0, 0.1) is 17.6 Å². The number of hydrogen-bond donors (Lipinski definition) is 1. The van der Waals surface area contributed by atoms with Crippen molar-refractivity contribution >= 4 is 11.8 Å². The largest absolute Gasteiger partial charge is 0.384 e. The summed E-state index contributed by atoms with van der Waals surface area (Å²) < 4.78 is 31.5. The van der Waals surface area contributed by atoms with Crippen molar-refractivity contribution in [2.75, 3.05) is 13.7 Å². The Morgan fingerprint density at radius 2 is 1.89 bits per heavy atom. The van der Waals surface area contributed by atoms with E-state index in [-0.39, 0.29) is 6.61 Å². The standard InChI is InChI=1S/C13H15F2NO3/c1-3-8(7-19-2)12(17)16-13(18)11-9(14)5-4-6-10(11)15/h4-6,8H,3,7H2,1-2H3,(H,16,17,18). The zero-order chi connectivity index (χ0) is 14.4. The molecule has 104 valence electrons. The Labute approximate surface area is 109 Å². The molecule has 2 amide bonds. The summed E-state index contributed by atoms with van der Waals surface area (Å²) in [7, 11) is 1.42. The van der Waals surface area contributed by atoms with Crippen LogP contribution in [0.3, 0.4) is 0 Å². The van der Waals surface area contributed by atoms with E-state index in [2.05, 4.69) is 0 Å². The third-order valence-corrected chi connectivity index (χ3v) is 2.66. The quantitative estimate of drug-likeness (QED) is 0.889. The number of amides is 2. The molecular formula is C13H15F2NO3. The summed E-state index contributed by atoms with van der Waals surface area (Å²) in [5.41, 5.74) is -0.761. The van der Waals surface area contributed by atoms with Gasteiger partial charge in [0.1, 0.15) is 17.2 Å². The van der Waals surface area contributed by atoms with Gasteiger partial charge in [-0.1, -0.05) is 13.0 Å². The zero-order valence-corrected chi connectivity index (χ0v) is 10.7. The highest BCUT2D eigenvalue weighted by atomic mass is 19.1. The summed E-state index contributed by atoms with van der Waals surface area (Å²) in [6.45, 7) is 1.88. The molecule has 6 heteroatoms. The Morgan fingerprint density at radius 3 is 2.37 bits per heavy atom. The topological polar surface area (TPSA) is 55.4 Å². The zero-order valence-electron chi connectivity index (χ0n) is 10.7. The molecule has 4 nitrogen and oxygen atoms in total. The van der Waals surface area contributed by atoms with Gasteiger partial charge in [-0.15, -0.1) is 0 Å². The van der Waals surface area contributed by atoms with Crippen LogP contribution in [0.5, 0.6) is 0 Å². The molecule has 1 aromatic rings. The van der Waals surface area contributed by atoms with Gasteiger partial charge >= 0.3 is 0 Å². The van der Waals surface area contributed by atoms with Crippen molar-refractivity contribution in [2.45, 2.75) is 13.3 Å². The minimum Gasteiger partial charge on any atom is -0.384 e. The molecule has 1 rings (SSSR count). The molecule has 1 N–H and O–H groups in total. The van der Waals surface area contributed by atoms with Gasteiger partial charge in [0.2, 0.25) is 5.91 Å². The first-order valence-corrected chi connectivity index (χ1v) is 5.79. The number of nitrogens with one attached hydrogen (secondary N) is 1. The van der Waals surface area contributed by atoms with Crippen LogP contribution in [0.4, 0.5) is 8.78 Å². The summed E-state index contributed by atoms with van der Waals surface area (Å²) in [5.74, 6) is -4.26. The van der Waals surface area contributed by atoms with Crippen LogP contribution in [-0.4, -0.2) is 25.5 Å². The Bertz CT molecular complexity index is 457. The van der Waals surface area contributed by atoms with Crippen molar-refractivity contribution in [3.05, 3.63) is 35.4 Å². The molecule has 0 saturated heterocycles. The van der Waals surface area contributed by atoms with Gasteiger partial charge in [0.15, 0.2) is 0 Å². The van der Waals surface area contributed by atoms with Gasteiger partial charge in [-0.3, -0.25) is 14.9 Å². The highest BCUT2D eigenvalue weighted by molar-refractivity contribution is 6.05. The van der Waals surface area contributed by atoms with Crippen LogP contribution in [-0.2, 0) is 9.53 Å². The maximum absolute atomic E-state index is 13.3. The molecule has 0 aliphatic carbocycles. The number of imide groups is 1. The first kappa shape index (κ1) is 15.2. The molecule has 1 aromatic carbocycles. The number of halogens is 2. The molecule has 0 aliphatic heterocycles. The normalized spacial score (nSPS) is 12.0. The fourth-order valence-corrected chi connectivity index (χ4v) is 1.57. The van der Waals surface area contributed by atoms with Crippen molar-refractivity contribution in [1.82, 2.24) is 5.32 Å². The molecule has 0 saturated carbocycles. The van der Waals surface area contributed by atoms with E-state index in [1.165, 1.54) is 7.11 Å². The Kier molecular flexibility index (Phi) is 5.57. The van der Waals surface area contributed by atoms with E-state index in [1.807, 2.05) is 5.32 Å². The van der Waals surface area contributed by atoms with Gasteiger partial charge in [-0.05, 0) is 18.6 Å². The second-order valence-electron chi connectivity index (χ2n) is 3.98. The first-order valence-electron chi connectivity index (χ1n) is 5.79. The van der Waals surface area contributed by atoms with Gasteiger partial charge in [-0.25, -0.2) is 8.78 Å². The van der Waals surface area contributed by atoms with Gasteiger partial charge in [0.25, 0.3) is 5.91 Å². The molecule has 1 atom stereocenters. The van der Waals surface area contributed by atoms with E-state index in [0.717, 1.165) is 18.2 Å². The molecule has 0 bridgehead atoms. The molecule has 0 aliphatic rings. The molecule has 0 fully saturated rings. The van der Waals surface area contributed by atoms with Crippen LogP contribution < -0.4 is 5.32 Å². The van der Waals surface area contributed by atoms with Crippen molar-refractivity contribution in [3.63, 3.8) is 0 Å². The minimum absolute atomic E-state index is 0.134. The fourth-order valence-electron chi connectivity index (χ4n) is 1.57.